The lowest BCUT2D eigenvalue weighted by molar-refractivity contribution is 0.102. The Morgan fingerprint density at radius 2 is 1.86 bits per heavy atom. The van der Waals surface area contributed by atoms with E-state index in [1.807, 2.05) is 6.07 Å². The smallest absolute Gasteiger partial charge is 0.334 e. The Hall–Kier alpha value is -3.90. The topological polar surface area (TPSA) is 116 Å². The predicted octanol–water partition coefficient (Wildman–Crippen LogP) is 1.86. The van der Waals surface area contributed by atoms with Crippen molar-refractivity contribution in [2.45, 2.75) is 0 Å². The highest BCUT2D eigenvalue weighted by molar-refractivity contribution is 7.12. The van der Waals surface area contributed by atoms with E-state index < -0.39 is 0 Å². The van der Waals surface area contributed by atoms with Crippen LogP contribution in [-0.4, -0.2) is 65.4 Å². The molecule has 0 saturated carbocycles. The van der Waals surface area contributed by atoms with Crippen LogP contribution in [-0.2, 0) is 7.05 Å². The highest BCUT2D eigenvalue weighted by atomic mass is 32.1. The van der Waals surface area contributed by atoms with Gasteiger partial charge < -0.3 is 25.0 Å². The van der Waals surface area contributed by atoms with Crippen LogP contribution in [0.5, 0.6) is 11.5 Å². The normalized spacial score (nSPS) is 13.7. The summed E-state index contributed by atoms with van der Waals surface area (Å²) in [6.45, 7) is 3.43. The van der Waals surface area contributed by atoms with E-state index in [0.29, 0.717) is 34.0 Å². The quantitative estimate of drug-likeness (QED) is 0.417. The van der Waals surface area contributed by atoms with E-state index in [1.54, 1.807) is 44.1 Å². The highest BCUT2D eigenvalue weighted by Gasteiger charge is 2.21. The lowest BCUT2D eigenvalue weighted by atomic mass is 10.2. The molecular formula is C23H25N7O4S. The largest absolute Gasteiger partial charge is 0.493 e. The number of aromatic nitrogens is 4. The number of pyridine rings is 1. The minimum absolute atomic E-state index is 0.236. The van der Waals surface area contributed by atoms with E-state index in [2.05, 4.69) is 25.5 Å². The number of benzene rings is 1. The van der Waals surface area contributed by atoms with Gasteiger partial charge >= 0.3 is 5.69 Å². The molecular weight excluding hydrogens is 470 g/mol. The Morgan fingerprint density at radius 1 is 1.14 bits per heavy atom. The van der Waals surface area contributed by atoms with Crippen molar-refractivity contribution in [1.29, 1.82) is 0 Å². The molecule has 4 heterocycles. The van der Waals surface area contributed by atoms with Gasteiger partial charge in [0.15, 0.2) is 22.3 Å². The van der Waals surface area contributed by atoms with Gasteiger partial charge in [0.05, 0.1) is 42.8 Å². The summed E-state index contributed by atoms with van der Waals surface area (Å²) in [7, 11) is 4.75. The third kappa shape index (κ3) is 4.10. The van der Waals surface area contributed by atoms with Crippen LogP contribution in [0.1, 0.15) is 9.80 Å². The van der Waals surface area contributed by atoms with Crippen molar-refractivity contribution in [3.05, 3.63) is 51.5 Å². The zero-order chi connectivity index (χ0) is 24.5. The standard InChI is InChI=1S/C23H25N7O4S/c1-28-16-10-18(33-2)19(34-3)11-17(16)30(23(28)32)20-13-35-22(27-20)21(31)26-14-12-25-5-4-15(14)29-8-6-24-7-9-29/h4-5,10-13,24H,6-9H2,1-3H3,(H,26,31). The second-order valence-corrected chi connectivity index (χ2v) is 8.83. The van der Waals surface area contributed by atoms with Crippen molar-refractivity contribution >= 4 is 39.7 Å². The molecule has 0 radical (unpaired) electrons. The number of nitrogens with one attached hydrogen (secondary N) is 2. The summed E-state index contributed by atoms with van der Waals surface area (Å²) >= 11 is 1.17. The number of hydrogen-bond donors (Lipinski definition) is 2. The molecule has 0 bridgehead atoms. The number of methoxy groups -OCH3 is 2. The summed E-state index contributed by atoms with van der Waals surface area (Å²) in [4.78, 5) is 37.0. The molecule has 35 heavy (non-hydrogen) atoms. The first-order chi connectivity index (χ1) is 17.0. The number of hydrogen-bond acceptors (Lipinski definition) is 9. The van der Waals surface area contributed by atoms with Gasteiger partial charge in [0.25, 0.3) is 5.91 Å². The van der Waals surface area contributed by atoms with Gasteiger partial charge in [-0.1, -0.05) is 0 Å². The molecule has 3 aromatic heterocycles. The van der Waals surface area contributed by atoms with E-state index in [-0.39, 0.29) is 16.6 Å². The average Bonchev–Trinajstić information content (AvgIpc) is 3.47. The molecule has 4 aromatic rings. The minimum atomic E-state index is -0.363. The molecule has 1 amide bonds. The molecule has 0 spiro atoms. The van der Waals surface area contributed by atoms with Gasteiger partial charge in [-0.2, -0.15) is 0 Å². The first kappa shape index (κ1) is 22.9. The maximum absolute atomic E-state index is 13.1. The molecule has 11 nitrogen and oxygen atoms in total. The van der Waals surface area contributed by atoms with Crippen LogP contribution < -0.4 is 30.7 Å². The van der Waals surface area contributed by atoms with Crippen molar-refractivity contribution in [3.63, 3.8) is 0 Å². The number of ether oxygens (including phenoxy) is 2. The fourth-order valence-corrected chi connectivity index (χ4v) is 4.88. The van der Waals surface area contributed by atoms with Crippen LogP contribution in [0.4, 0.5) is 11.4 Å². The Morgan fingerprint density at radius 3 is 2.57 bits per heavy atom. The van der Waals surface area contributed by atoms with E-state index in [9.17, 15) is 9.59 Å². The number of rotatable bonds is 6. The highest BCUT2D eigenvalue weighted by Crippen LogP contribution is 2.33. The number of thiazole rings is 1. The number of aryl methyl sites for hydroxylation is 1. The fraction of sp³-hybridized carbons (Fsp3) is 0.304. The summed E-state index contributed by atoms with van der Waals surface area (Å²) in [6.07, 6.45) is 3.35. The molecule has 1 aliphatic heterocycles. The molecule has 2 N–H and O–H groups in total. The van der Waals surface area contributed by atoms with Crippen LogP contribution in [0.2, 0.25) is 0 Å². The van der Waals surface area contributed by atoms with E-state index in [0.717, 1.165) is 31.9 Å². The van der Waals surface area contributed by atoms with E-state index >= 15 is 0 Å². The van der Waals surface area contributed by atoms with Crippen molar-refractivity contribution in [2.75, 3.05) is 50.6 Å². The van der Waals surface area contributed by atoms with Gasteiger partial charge in [-0.05, 0) is 6.07 Å². The average molecular weight is 496 g/mol. The number of fused-ring (bicyclic) bond motifs is 1. The molecule has 1 aliphatic rings. The molecule has 12 heteroatoms. The molecule has 0 atom stereocenters. The predicted molar refractivity (Wildman–Crippen MR) is 135 cm³/mol. The Labute approximate surface area is 204 Å². The lowest BCUT2D eigenvalue weighted by Crippen LogP contribution is -2.43. The van der Waals surface area contributed by atoms with Gasteiger partial charge in [-0.25, -0.2) is 14.3 Å². The van der Waals surface area contributed by atoms with Crippen molar-refractivity contribution < 1.29 is 14.3 Å². The molecule has 0 aliphatic carbocycles. The minimum Gasteiger partial charge on any atom is -0.493 e. The van der Waals surface area contributed by atoms with Crippen molar-refractivity contribution in [2.24, 2.45) is 7.05 Å². The second-order valence-electron chi connectivity index (χ2n) is 7.97. The lowest BCUT2D eigenvalue weighted by Gasteiger charge is -2.30. The molecule has 1 saturated heterocycles. The third-order valence-electron chi connectivity index (χ3n) is 5.98. The number of imidazole rings is 1. The van der Waals surface area contributed by atoms with Crippen LogP contribution in [0, 0.1) is 0 Å². The van der Waals surface area contributed by atoms with Gasteiger partial charge in [-0.3, -0.25) is 14.3 Å². The molecule has 5 rings (SSSR count). The van der Waals surface area contributed by atoms with Crippen LogP contribution in [0.3, 0.4) is 0 Å². The first-order valence-corrected chi connectivity index (χ1v) is 11.9. The maximum Gasteiger partial charge on any atom is 0.334 e. The third-order valence-corrected chi connectivity index (χ3v) is 6.81. The summed E-state index contributed by atoms with van der Waals surface area (Å²) in [5.74, 6) is 1.00. The number of amides is 1. The van der Waals surface area contributed by atoms with Gasteiger partial charge in [0.2, 0.25) is 0 Å². The van der Waals surface area contributed by atoms with Crippen LogP contribution in [0.15, 0.2) is 40.8 Å². The summed E-state index contributed by atoms with van der Waals surface area (Å²) in [6, 6.07) is 5.36. The molecule has 1 fully saturated rings. The molecule has 1 aromatic carbocycles. The van der Waals surface area contributed by atoms with Gasteiger partial charge in [-0.15, -0.1) is 11.3 Å². The summed E-state index contributed by atoms with van der Waals surface area (Å²) in [5, 5.41) is 8.18. The number of piperazine rings is 1. The van der Waals surface area contributed by atoms with Crippen molar-refractivity contribution in [1.82, 2.24) is 24.4 Å². The zero-order valence-corrected chi connectivity index (χ0v) is 20.4. The molecule has 182 valence electrons. The first-order valence-electron chi connectivity index (χ1n) is 11.0. The summed E-state index contributed by atoms with van der Waals surface area (Å²) < 4.78 is 13.7. The number of carbonyl (C=O) groups is 1. The van der Waals surface area contributed by atoms with E-state index in [1.165, 1.54) is 27.6 Å². The zero-order valence-electron chi connectivity index (χ0n) is 19.6. The van der Waals surface area contributed by atoms with Gasteiger partial charge in [0.1, 0.15) is 0 Å². The monoisotopic (exact) mass is 495 g/mol. The summed E-state index contributed by atoms with van der Waals surface area (Å²) in [5.41, 5.74) is 2.50. The van der Waals surface area contributed by atoms with Crippen LogP contribution in [0.25, 0.3) is 16.9 Å². The number of carbonyl (C=O) groups excluding carboxylic acids is 1. The fourth-order valence-electron chi connectivity index (χ4n) is 4.20. The number of nitrogens with zero attached hydrogens (tertiary/aromatic N) is 5. The Kier molecular flexibility index (Phi) is 6.14. The van der Waals surface area contributed by atoms with Gasteiger partial charge in [0, 0.05) is 56.9 Å². The number of anilines is 2. The Bertz CT molecular complexity index is 1450. The Balaban J connectivity index is 1.47. The molecule has 0 unspecified atom stereocenters. The van der Waals surface area contributed by atoms with Crippen LogP contribution >= 0.6 is 11.3 Å². The maximum atomic E-state index is 13.1. The van der Waals surface area contributed by atoms with Crippen molar-refractivity contribution in [3.8, 4) is 17.3 Å². The second kappa shape index (κ2) is 9.39. The SMILES string of the molecule is COc1cc2c(cc1OC)n(-c1csc(C(=O)Nc3cnccc3N3CCNCC3)n1)c(=O)n2C. The van der Waals surface area contributed by atoms with E-state index in [4.69, 9.17) is 9.47 Å².